The van der Waals surface area contributed by atoms with Crippen molar-refractivity contribution in [3.63, 3.8) is 0 Å². The second-order valence-corrected chi connectivity index (χ2v) is 4.38. The van der Waals surface area contributed by atoms with Crippen LogP contribution in [0.3, 0.4) is 0 Å². The van der Waals surface area contributed by atoms with Crippen LogP contribution in [0, 0.1) is 0 Å². The van der Waals surface area contributed by atoms with Crippen LogP contribution >= 0.6 is 11.6 Å². The van der Waals surface area contributed by atoms with Gasteiger partial charge < -0.3 is 5.32 Å². The molecule has 0 radical (unpaired) electrons. The first-order valence-corrected chi connectivity index (χ1v) is 6.06. The highest BCUT2D eigenvalue weighted by atomic mass is 35.5. The second kappa shape index (κ2) is 6.08. The average molecular weight is 320 g/mol. The van der Waals surface area contributed by atoms with Gasteiger partial charge >= 0.3 is 6.18 Å². The summed E-state index contributed by atoms with van der Waals surface area (Å²) in [5.41, 5.74) is -0.249. The summed E-state index contributed by atoms with van der Waals surface area (Å²) < 4.78 is 37.0. The van der Waals surface area contributed by atoms with E-state index in [0.717, 1.165) is 6.20 Å². The molecule has 112 valence electrons. The van der Waals surface area contributed by atoms with Crippen LogP contribution in [-0.2, 0) is 13.1 Å². The van der Waals surface area contributed by atoms with E-state index in [0.29, 0.717) is 5.69 Å². The summed E-state index contributed by atoms with van der Waals surface area (Å²) in [6.07, 6.45) is -0.601. The molecule has 1 N–H and O–H groups in total. The predicted octanol–water partition coefficient (Wildman–Crippen LogP) is 1.86. The van der Waals surface area contributed by atoms with E-state index in [9.17, 15) is 18.0 Å². The summed E-state index contributed by atoms with van der Waals surface area (Å²) in [4.78, 5) is 19.4. The molecule has 2 rings (SSSR count). The van der Waals surface area contributed by atoms with Crippen LogP contribution in [0.1, 0.15) is 5.69 Å². The third-order valence-electron chi connectivity index (χ3n) is 2.42. The lowest BCUT2D eigenvalue weighted by Crippen LogP contribution is -2.30. The summed E-state index contributed by atoms with van der Waals surface area (Å²) in [7, 11) is 0. The minimum absolute atomic E-state index is 0.138. The highest BCUT2D eigenvalue weighted by Gasteiger charge is 2.29. The summed E-state index contributed by atoms with van der Waals surface area (Å²) in [5, 5.41) is 5.86. The monoisotopic (exact) mass is 319 g/mol. The van der Waals surface area contributed by atoms with Crippen molar-refractivity contribution in [1.82, 2.24) is 19.7 Å². The Morgan fingerprint density at radius 1 is 1.38 bits per heavy atom. The molecule has 2 heterocycles. The summed E-state index contributed by atoms with van der Waals surface area (Å²) in [5.74, 6) is 0. The number of nitrogens with one attached hydrogen (secondary N) is 1. The molecule has 0 atom stereocenters. The average Bonchev–Trinajstić information content (AvgIpc) is 2.43. The van der Waals surface area contributed by atoms with Crippen molar-refractivity contribution in [1.29, 1.82) is 0 Å². The molecule has 0 fully saturated rings. The standard InChI is InChI=1S/C11H9ClF3N5O/c12-9-8(17-3-7-1-2-16-6-18-7)4-19-20(10(9)21)5-11(13,14)15/h1-2,4,6,17H,3,5H2. The van der Waals surface area contributed by atoms with Crippen LogP contribution in [0.25, 0.3) is 0 Å². The van der Waals surface area contributed by atoms with Gasteiger partial charge in [0.05, 0.1) is 24.1 Å². The maximum Gasteiger partial charge on any atom is 0.408 e. The maximum absolute atomic E-state index is 12.3. The Morgan fingerprint density at radius 3 is 2.76 bits per heavy atom. The highest BCUT2D eigenvalue weighted by molar-refractivity contribution is 6.32. The number of aromatic nitrogens is 4. The molecular weight excluding hydrogens is 311 g/mol. The molecule has 0 saturated heterocycles. The van der Waals surface area contributed by atoms with E-state index in [1.54, 1.807) is 6.07 Å². The number of nitrogens with zero attached hydrogens (tertiary/aromatic N) is 4. The van der Waals surface area contributed by atoms with E-state index in [1.165, 1.54) is 12.5 Å². The van der Waals surface area contributed by atoms with E-state index >= 15 is 0 Å². The molecule has 0 unspecified atom stereocenters. The minimum Gasteiger partial charge on any atom is -0.377 e. The van der Waals surface area contributed by atoms with Crippen molar-refractivity contribution in [3.05, 3.63) is 45.9 Å². The van der Waals surface area contributed by atoms with Crippen LogP contribution in [0.2, 0.25) is 5.02 Å². The first-order chi connectivity index (χ1) is 9.87. The van der Waals surface area contributed by atoms with Crippen molar-refractivity contribution in [3.8, 4) is 0 Å². The van der Waals surface area contributed by atoms with E-state index in [1.807, 2.05) is 0 Å². The van der Waals surface area contributed by atoms with Gasteiger partial charge in [-0.2, -0.15) is 18.3 Å². The van der Waals surface area contributed by atoms with Crippen LogP contribution < -0.4 is 10.9 Å². The topological polar surface area (TPSA) is 72.7 Å². The van der Waals surface area contributed by atoms with Crippen molar-refractivity contribution in [2.45, 2.75) is 19.3 Å². The van der Waals surface area contributed by atoms with Crippen LogP contribution in [0.15, 0.2) is 29.6 Å². The molecule has 21 heavy (non-hydrogen) atoms. The maximum atomic E-state index is 12.3. The fraction of sp³-hybridized carbons (Fsp3) is 0.273. The molecule has 0 amide bonds. The normalized spacial score (nSPS) is 11.4. The highest BCUT2D eigenvalue weighted by Crippen LogP contribution is 2.19. The minimum atomic E-state index is -4.55. The predicted molar refractivity (Wildman–Crippen MR) is 68.9 cm³/mol. The molecule has 2 aromatic heterocycles. The van der Waals surface area contributed by atoms with Gasteiger partial charge in [-0.05, 0) is 6.07 Å². The fourth-order valence-electron chi connectivity index (χ4n) is 1.48. The molecule has 0 saturated carbocycles. The Bertz CT molecular complexity index is 674. The van der Waals surface area contributed by atoms with Crippen molar-refractivity contribution in [2.75, 3.05) is 5.32 Å². The molecule has 0 aromatic carbocycles. The number of alkyl halides is 3. The molecule has 0 bridgehead atoms. The number of hydrogen-bond acceptors (Lipinski definition) is 5. The summed E-state index contributed by atoms with van der Waals surface area (Å²) in [6.45, 7) is -1.26. The van der Waals surface area contributed by atoms with E-state index < -0.39 is 18.3 Å². The van der Waals surface area contributed by atoms with Gasteiger partial charge in [0.1, 0.15) is 17.9 Å². The fourth-order valence-corrected chi connectivity index (χ4v) is 1.69. The largest absolute Gasteiger partial charge is 0.408 e. The smallest absolute Gasteiger partial charge is 0.377 e. The number of halogens is 4. The van der Waals surface area contributed by atoms with Gasteiger partial charge in [0.2, 0.25) is 0 Å². The molecular formula is C11H9ClF3N5O. The quantitative estimate of drug-likeness (QED) is 0.931. The Kier molecular flexibility index (Phi) is 4.41. The Balaban J connectivity index is 2.15. The van der Waals surface area contributed by atoms with Gasteiger partial charge in [-0.25, -0.2) is 14.6 Å². The lowest BCUT2D eigenvalue weighted by Gasteiger charge is -2.11. The zero-order chi connectivity index (χ0) is 15.5. The van der Waals surface area contributed by atoms with E-state index in [-0.39, 0.29) is 21.9 Å². The Labute approximate surface area is 121 Å². The zero-order valence-corrected chi connectivity index (χ0v) is 11.2. The number of anilines is 1. The molecule has 6 nitrogen and oxygen atoms in total. The number of rotatable bonds is 4. The zero-order valence-electron chi connectivity index (χ0n) is 10.4. The van der Waals surface area contributed by atoms with Crippen molar-refractivity contribution in [2.24, 2.45) is 0 Å². The van der Waals surface area contributed by atoms with Gasteiger partial charge in [0.15, 0.2) is 0 Å². The Hall–Kier alpha value is -2.16. The molecule has 10 heteroatoms. The molecule has 0 aliphatic carbocycles. The van der Waals surface area contributed by atoms with Gasteiger partial charge in [-0.1, -0.05) is 11.6 Å². The summed E-state index contributed by atoms with van der Waals surface area (Å²) in [6, 6.07) is 1.64. The summed E-state index contributed by atoms with van der Waals surface area (Å²) >= 11 is 5.76. The van der Waals surface area contributed by atoms with Crippen LogP contribution in [0.5, 0.6) is 0 Å². The van der Waals surface area contributed by atoms with Crippen LogP contribution in [0.4, 0.5) is 18.9 Å². The third-order valence-corrected chi connectivity index (χ3v) is 2.78. The molecule has 0 aliphatic heterocycles. The van der Waals surface area contributed by atoms with Gasteiger partial charge in [-0.3, -0.25) is 4.79 Å². The lowest BCUT2D eigenvalue weighted by atomic mass is 10.4. The Morgan fingerprint density at radius 2 is 2.14 bits per heavy atom. The van der Waals surface area contributed by atoms with E-state index in [4.69, 9.17) is 11.6 Å². The number of hydrogen-bond donors (Lipinski definition) is 1. The SMILES string of the molecule is O=c1c(Cl)c(NCc2ccncn2)cnn1CC(F)(F)F. The lowest BCUT2D eigenvalue weighted by molar-refractivity contribution is -0.143. The van der Waals surface area contributed by atoms with Crippen LogP contribution in [-0.4, -0.2) is 25.9 Å². The van der Waals surface area contributed by atoms with E-state index in [2.05, 4.69) is 20.4 Å². The third kappa shape index (κ3) is 4.15. The van der Waals surface area contributed by atoms with Gasteiger partial charge in [0.25, 0.3) is 5.56 Å². The first kappa shape index (κ1) is 15.2. The van der Waals surface area contributed by atoms with Crippen molar-refractivity contribution < 1.29 is 13.2 Å². The van der Waals surface area contributed by atoms with Gasteiger partial charge in [0, 0.05) is 6.20 Å². The molecule has 0 aliphatic rings. The van der Waals surface area contributed by atoms with Crippen molar-refractivity contribution >= 4 is 17.3 Å². The molecule has 0 spiro atoms. The molecule has 2 aromatic rings. The van der Waals surface area contributed by atoms with Gasteiger partial charge in [-0.15, -0.1) is 0 Å². The first-order valence-electron chi connectivity index (χ1n) is 5.68. The second-order valence-electron chi connectivity index (χ2n) is 4.00.